The number of pyridine rings is 1. The van der Waals surface area contributed by atoms with E-state index in [4.69, 9.17) is 9.26 Å². The molecule has 0 spiro atoms. The molecule has 0 bridgehead atoms. The minimum atomic E-state index is -0.187. The molecule has 140 valence electrons. The Kier molecular flexibility index (Phi) is 5.86. The van der Waals surface area contributed by atoms with E-state index in [9.17, 15) is 4.79 Å². The maximum absolute atomic E-state index is 12.5. The van der Waals surface area contributed by atoms with E-state index in [0.29, 0.717) is 18.7 Å². The molecular weight excluding hydrogens is 342 g/mol. The lowest BCUT2D eigenvalue weighted by molar-refractivity contribution is 0.0786. The van der Waals surface area contributed by atoms with Crippen LogP contribution < -0.4 is 4.74 Å². The number of aromatic nitrogens is 2. The molecule has 0 N–H and O–H groups in total. The lowest BCUT2D eigenvalue weighted by atomic mass is 10.1. The molecule has 0 atom stereocenters. The van der Waals surface area contributed by atoms with Crippen LogP contribution in [0.2, 0.25) is 0 Å². The molecule has 6 nitrogen and oxygen atoms in total. The second kappa shape index (κ2) is 8.49. The predicted molar refractivity (Wildman–Crippen MR) is 102 cm³/mol. The van der Waals surface area contributed by atoms with Crippen molar-refractivity contribution < 1.29 is 14.1 Å². The van der Waals surface area contributed by atoms with Crippen LogP contribution in [-0.2, 0) is 13.0 Å². The maximum atomic E-state index is 12.5. The number of likely N-dealkylation sites (N-methyl/N-ethyl adjacent to an activating group) is 1. The van der Waals surface area contributed by atoms with Crippen LogP contribution in [0.1, 0.15) is 33.1 Å². The van der Waals surface area contributed by atoms with Gasteiger partial charge in [-0.3, -0.25) is 9.78 Å². The van der Waals surface area contributed by atoms with Crippen LogP contribution in [0.15, 0.2) is 53.2 Å². The van der Waals surface area contributed by atoms with Gasteiger partial charge in [-0.1, -0.05) is 29.4 Å². The zero-order valence-electron chi connectivity index (χ0n) is 15.8. The molecule has 0 saturated carbocycles. The minimum Gasteiger partial charge on any atom is -0.485 e. The first-order valence-electron chi connectivity index (χ1n) is 8.84. The maximum Gasteiger partial charge on any atom is 0.275 e. The van der Waals surface area contributed by atoms with Crippen LogP contribution in [0.4, 0.5) is 0 Å². The summed E-state index contributed by atoms with van der Waals surface area (Å²) in [5.41, 5.74) is 3.33. The Morgan fingerprint density at radius 2 is 1.93 bits per heavy atom. The zero-order chi connectivity index (χ0) is 19.2. The highest BCUT2D eigenvalue weighted by atomic mass is 16.5. The van der Waals surface area contributed by atoms with Gasteiger partial charge in [-0.15, -0.1) is 0 Å². The van der Waals surface area contributed by atoms with Crippen LogP contribution >= 0.6 is 0 Å². The van der Waals surface area contributed by atoms with Crippen molar-refractivity contribution >= 4 is 5.91 Å². The molecular formula is C21H23N3O3. The first-order chi connectivity index (χ1) is 13.0. The summed E-state index contributed by atoms with van der Waals surface area (Å²) in [4.78, 5) is 18.4. The molecule has 0 fully saturated rings. The lowest BCUT2D eigenvalue weighted by Gasteiger charge is -2.14. The minimum absolute atomic E-state index is 0.187. The molecule has 0 aliphatic carbocycles. The molecule has 0 aliphatic rings. The summed E-state index contributed by atoms with van der Waals surface area (Å²) in [6.07, 6.45) is 2.43. The molecule has 0 radical (unpaired) electrons. The number of aryl methyl sites for hydroxylation is 2. The molecule has 27 heavy (non-hydrogen) atoms. The number of hydrogen-bond donors (Lipinski definition) is 0. The zero-order valence-corrected chi connectivity index (χ0v) is 15.8. The van der Waals surface area contributed by atoms with E-state index in [0.717, 1.165) is 22.6 Å². The summed E-state index contributed by atoms with van der Waals surface area (Å²) in [6.45, 7) is 4.77. The van der Waals surface area contributed by atoms with Gasteiger partial charge < -0.3 is 14.2 Å². The molecule has 2 aromatic heterocycles. The van der Waals surface area contributed by atoms with Crippen molar-refractivity contribution in [3.05, 3.63) is 76.9 Å². The van der Waals surface area contributed by atoms with E-state index in [2.05, 4.69) is 10.1 Å². The van der Waals surface area contributed by atoms with Gasteiger partial charge in [-0.2, -0.15) is 0 Å². The van der Waals surface area contributed by atoms with Gasteiger partial charge in [-0.05, 0) is 37.1 Å². The molecule has 6 heteroatoms. The second-order valence-electron chi connectivity index (χ2n) is 6.49. The molecule has 3 rings (SSSR count). The number of nitrogens with zero attached hydrogens (tertiary/aromatic N) is 3. The number of amides is 1. The quantitative estimate of drug-likeness (QED) is 0.640. The van der Waals surface area contributed by atoms with Crippen molar-refractivity contribution in [3.63, 3.8) is 0 Å². The smallest absolute Gasteiger partial charge is 0.275 e. The van der Waals surface area contributed by atoms with Gasteiger partial charge in [0.2, 0.25) is 0 Å². The van der Waals surface area contributed by atoms with Gasteiger partial charge in [0.15, 0.2) is 11.5 Å². The van der Waals surface area contributed by atoms with E-state index in [-0.39, 0.29) is 18.2 Å². The second-order valence-corrected chi connectivity index (χ2v) is 6.49. The lowest BCUT2D eigenvalue weighted by Crippen LogP contribution is -2.29. The summed E-state index contributed by atoms with van der Waals surface area (Å²) in [7, 11) is 1.74. The fraction of sp³-hybridized carbons (Fsp3) is 0.286. The number of hydrogen-bond acceptors (Lipinski definition) is 5. The van der Waals surface area contributed by atoms with Crippen molar-refractivity contribution in [2.45, 2.75) is 26.9 Å². The molecule has 1 amide bonds. The third-order valence-corrected chi connectivity index (χ3v) is 4.32. The highest BCUT2D eigenvalue weighted by Crippen LogP contribution is 2.23. The number of para-hydroxylation sites is 1. The first-order valence-corrected chi connectivity index (χ1v) is 8.84. The van der Waals surface area contributed by atoms with Crippen molar-refractivity contribution in [2.24, 2.45) is 0 Å². The Hall–Kier alpha value is -3.15. The summed E-state index contributed by atoms with van der Waals surface area (Å²) in [5, 5.41) is 3.89. The summed E-state index contributed by atoms with van der Waals surface area (Å²) in [5.74, 6) is 1.15. The summed E-state index contributed by atoms with van der Waals surface area (Å²) >= 11 is 0. The number of carbonyl (C=O) groups is 1. The number of benzene rings is 1. The Balaban J connectivity index is 1.57. The van der Waals surface area contributed by atoms with Crippen LogP contribution in [0.3, 0.4) is 0 Å². The number of carbonyl (C=O) groups excluding carboxylic acids is 1. The van der Waals surface area contributed by atoms with Crippen LogP contribution in [0.5, 0.6) is 5.75 Å². The first kappa shape index (κ1) is 18.6. The molecule has 3 aromatic rings. The summed E-state index contributed by atoms with van der Waals surface area (Å²) < 4.78 is 11.1. The standard InChI is InChI=1S/C21H23N3O3/c1-15-7-6-8-16(2)20(15)26-14-18-13-19(23-27-18)21(25)24(3)12-10-17-9-4-5-11-22-17/h4-9,11,13H,10,12,14H2,1-3H3. The van der Waals surface area contributed by atoms with E-state index in [1.54, 1.807) is 24.2 Å². The molecule has 0 aliphatic heterocycles. The third-order valence-electron chi connectivity index (χ3n) is 4.32. The number of rotatable bonds is 7. The molecule has 0 unspecified atom stereocenters. The van der Waals surface area contributed by atoms with Gasteiger partial charge in [0.05, 0.1) is 0 Å². The fourth-order valence-corrected chi connectivity index (χ4v) is 2.78. The monoisotopic (exact) mass is 365 g/mol. The molecule has 0 saturated heterocycles. The number of ether oxygens (including phenoxy) is 1. The average Bonchev–Trinajstić information content (AvgIpc) is 3.15. The highest BCUT2D eigenvalue weighted by Gasteiger charge is 2.17. The van der Waals surface area contributed by atoms with Crippen molar-refractivity contribution in [1.29, 1.82) is 0 Å². The largest absolute Gasteiger partial charge is 0.485 e. The van der Waals surface area contributed by atoms with Crippen LogP contribution in [0, 0.1) is 13.8 Å². The van der Waals surface area contributed by atoms with Crippen molar-refractivity contribution in [1.82, 2.24) is 15.0 Å². The highest BCUT2D eigenvalue weighted by molar-refractivity contribution is 5.92. The molecule has 2 heterocycles. The van der Waals surface area contributed by atoms with Gasteiger partial charge in [0.1, 0.15) is 12.4 Å². The Morgan fingerprint density at radius 3 is 2.63 bits per heavy atom. The van der Waals surface area contributed by atoms with Crippen LogP contribution in [-0.4, -0.2) is 34.5 Å². The SMILES string of the molecule is Cc1cccc(C)c1OCc1cc(C(=O)N(C)CCc2ccccn2)no1. The third kappa shape index (κ3) is 4.73. The van der Waals surface area contributed by atoms with E-state index < -0.39 is 0 Å². The Labute approximate surface area is 158 Å². The fourth-order valence-electron chi connectivity index (χ4n) is 2.78. The topological polar surface area (TPSA) is 68.5 Å². The van der Waals surface area contributed by atoms with Gasteiger partial charge >= 0.3 is 0 Å². The van der Waals surface area contributed by atoms with Crippen molar-refractivity contribution in [3.8, 4) is 5.75 Å². The van der Waals surface area contributed by atoms with Gasteiger partial charge in [-0.25, -0.2) is 0 Å². The van der Waals surface area contributed by atoms with Crippen LogP contribution in [0.25, 0.3) is 0 Å². The van der Waals surface area contributed by atoms with E-state index in [1.807, 2.05) is 50.2 Å². The van der Waals surface area contributed by atoms with Crippen molar-refractivity contribution in [2.75, 3.05) is 13.6 Å². The van der Waals surface area contributed by atoms with E-state index >= 15 is 0 Å². The normalized spacial score (nSPS) is 10.6. The molecule has 1 aromatic carbocycles. The average molecular weight is 365 g/mol. The Morgan fingerprint density at radius 1 is 1.15 bits per heavy atom. The Bertz CT molecular complexity index is 886. The van der Waals surface area contributed by atoms with E-state index in [1.165, 1.54) is 0 Å². The summed E-state index contributed by atoms with van der Waals surface area (Å²) in [6, 6.07) is 13.4. The van der Waals surface area contributed by atoms with Gasteiger partial charge in [0.25, 0.3) is 5.91 Å². The van der Waals surface area contributed by atoms with Gasteiger partial charge in [0, 0.05) is 38.0 Å². The predicted octanol–water partition coefficient (Wildman–Crippen LogP) is 3.58.